The number of halogens is 1. The summed E-state index contributed by atoms with van der Waals surface area (Å²) in [7, 11) is 0. The highest BCUT2D eigenvalue weighted by molar-refractivity contribution is 6.03. The second-order valence-corrected chi connectivity index (χ2v) is 5.54. The van der Waals surface area contributed by atoms with Gasteiger partial charge in [-0.25, -0.2) is 4.39 Å². The number of nitrogens with one attached hydrogen (secondary N) is 2. The third-order valence-electron chi connectivity index (χ3n) is 3.54. The van der Waals surface area contributed by atoms with Crippen molar-refractivity contribution in [3.63, 3.8) is 0 Å². The van der Waals surface area contributed by atoms with Crippen LogP contribution in [0.15, 0.2) is 54.6 Å². The molecule has 0 saturated heterocycles. The molecule has 0 unspecified atom stereocenters. The van der Waals surface area contributed by atoms with Gasteiger partial charge in [-0.1, -0.05) is 31.5 Å². The Balaban J connectivity index is 1.77. The molecule has 1 amide bonds. The van der Waals surface area contributed by atoms with Gasteiger partial charge in [-0.2, -0.15) is 5.10 Å². The van der Waals surface area contributed by atoms with E-state index in [0.29, 0.717) is 22.9 Å². The number of ether oxygens (including phenoxy) is 1. The third kappa shape index (κ3) is 4.23. The molecule has 6 heteroatoms. The summed E-state index contributed by atoms with van der Waals surface area (Å²) >= 11 is 0. The summed E-state index contributed by atoms with van der Waals surface area (Å²) in [6.45, 7) is 2.06. The van der Waals surface area contributed by atoms with E-state index >= 15 is 0 Å². The van der Waals surface area contributed by atoms with Gasteiger partial charge in [0.2, 0.25) is 0 Å². The Bertz CT molecular complexity index is 876. The molecule has 0 atom stereocenters. The number of benzene rings is 2. The minimum atomic E-state index is -0.390. The number of carbonyl (C=O) groups excluding carboxylic acids is 1. The van der Waals surface area contributed by atoms with E-state index in [-0.39, 0.29) is 11.7 Å². The van der Waals surface area contributed by atoms with Gasteiger partial charge in [0.15, 0.2) is 11.4 Å². The first-order chi connectivity index (χ1) is 12.2. The van der Waals surface area contributed by atoms with Gasteiger partial charge in [-0.05, 0) is 36.8 Å². The van der Waals surface area contributed by atoms with Crippen molar-refractivity contribution in [2.24, 2.45) is 0 Å². The number of hydrogen-bond donors (Lipinski definition) is 2. The highest BCUT2D eigenvalue weighted by Gasteiger charge is 2.13. The van der Waals surface area contributed by atoms with Crippen LogP contribution in [-0.4, -0.2) is 16.1 Å². The number of aromatic amines is 1. The normalized spacial score (nSPS) is 10.5. The number of aromatic nitrogens is 2. The number of H-pyrrole nitrogens is 1. The van der Waals surface area contributed by atoms with E-state index in [2.05, 4.69) is 22.4 Å². The highest BCUT2D eigenvalue weighted by Crippen LogP contribution is 2.29. The molecular weight excluding hydrogens is 321 g/mol. The zero-order valence-electron chi connectivity index (χ0n) is 13.8. The van der Waals surface area contributed by atoms with Gasteiger partial charge in [0.05, 0.1) is 5.69 Å². The van der Waals surface area contributed by atoms with E-state index in [1.54, 1.807) is 42.5 Å². The molecule has 1 aromatic heterocycles. The Morgan fingerprint density at radius 3 is 2.84 bits per heavy atom. The van der Waals surface area contributed by atoms with Crippen molar-refractivity contribution in [3.8, 4) is 11.5 Å². The molecule has 3 aromatic rings. The fraction of sp³-hybridized carbons (Fsp3) is 0.158. The second-order valence-electron chi connectivity index (χ2n) is 5.54. The number of amides is 1. The molecule has 3 rings (SSSR count). The molecule has 0 radical (unpaired) electrons. The van der Waals surface area contributed by atoms with Crippen LogP contribution in [0, 0.1) is 5.82 Å². The lowest BCUT2D eigenvalue weighted by molar-refractivity contribution is 0.102. The topological polar surface area (TPSA) is 67.0 Å². The molecule has 2 aromatic carbocycles. The predicted octanol–water partition coefficient (Wildman–Crippen LogP) is 4.55. The standard InChI is InChI=1S/C19H18FN3O2/c1-2-6-14-12-17(23-22-14)19(24)21-16-9-3-4-10-18(16)25-15-8-5-7-13(20)11-15/h3-5,7-12H,2,6H2,1H3,(H,21,24)(H,22,23). The van der Waals surface area contributed by atoms with Crippen molar-refractivity contribution < 1.29 is 13.9 Å². The van der Waals surface area contributed by atoms with Crippen molar-refractivity contribution >= 4 is 11.6 Å². The molecule has 0 aliphatic carbocycles. The van der Waals surface area contributed by atoms with Gasteiger partial charge in [0.25, 0.3) is 5.91 Å². The van der Waals surface area contributed by atoms with E-state index in [9.17, 15) is 9.18 Å². The molecule has 0 saturated carbocycles. The van der Waals surface area contributed by atoms with Crippen LogP contribution in [0.5, 0.6) is 11.5 Å². The molecule has 1 heterocycles. The van der Waals surface area contributed by atoms with Crippen LogP contribution in [0.3, 0.4) is 0 Å². The van der Waals surface area contributed by atoms with Crippen LogP contribution in [0.1, 0.15) is 29.5 Å². The summed E-state index contributed by atoms with van der Waals surface area (Å²) in [5.41, 5.74) is 1.71. The Morgan fingerprint density at radius 2 is 2.04 bits per heavy atom. The summed E-state index contributed by atoms with van der Waals surface area (Å²) in [5.74, 6) is 0.0466. The number of carbonyl (C=O) groups is 1. The summed E-state index contributed by atoms with van der Waals surface area (Å²) in [6.07, 6.45) is 1.80. The maximum Gasteiger partial charge on any atom is 0.276 e. The van der Waals surface area contributed by atoms with Gasteiger partial charge in [0.1, 0.15) is 11.6 Å². The molecule has 5 nitrogen and oxygen atoms in total. The molecular formula is C19H18FN3O2. The average Bonchev–Trinajstić information content (AvgIpc) is 3.06. The molecule has 25 heavy (non-hydrogen) atoms. The number of hydrogen-bond acceptors (Lipinski definition) is 3. The number of nitrogens with zero attached hydrogens (tertiary/aromatic N) is 1. The first-order valence-electron chi connectivity index (χ1n) is 8.04. The van der Waals surface area contributed by atoms with Crippen LogP contribution in [0.2, 0.25) is 0 Å². The lowest BCUT2D eigenvalue weighted by Crippen LogP contribution is -2.13. The molecule has 0 fully saturated rings. The number of anilines is 1. The number of para-hydroxylation sites is 2. The fourth-order valence-electron chi connectivity index (χ4n) is 2.38. The zero-order chi connectivity index (χ0) is 17.6. The van der Waals surface area contributed by atoms with Crippen LogP contribution >= 0.6 is 0 Å². The van der Waals surface area contributed by atoms with E-state index in [1.807, 2.05) is 0 Å². The van der Waals surface area contributed by atoms with Crippen molar-refractivity contribution in [2.75, 3.05) is 5.32 Å². The zero-order valence-corrected chi connectivity index (χ0v) is 13.8. The van der Waals surface area contributed by atoms with Gasteiger partial charge in [-0.15, -0.1) is 0 Å². The largest absolute Gasteiger partial charge is 0.455 e. The minimum absolute atomic E-state index is 0.309. The molecule has 0 bridgehead atoms. The molecule has 0 aliphatic heterocycles. The lowest BCUT2D eigenvalue weighted by Gasteiger charge is -2.11. The summed E-state index contributed by atoms with van der Waals surface area (Å²) < 4.78 is 19.0. The van der Waals surface area contributed by atoms with Crippen molar-refractivity contribution in [3.05, 3.63) is 71.8 Å². The maximum atomic E-state index is 13.3. The van der Waals surface area contributed by atoms with Gasteiger partial charge in [-0.3, -0.25) is 9.89 Å². The quantitative estimate of drug-likeness (QED) is 0.692. The highest BCUT2D eigenvalue weighted by atomic mass is 19.1. The van der Waals surface area contributed by atoms with Gasteiger partial charge < -0.3 is 10.1 Å². The van der Waals surface area contributed by atoms with Crippen LogP contribution in [-0.2, 0) is 6.42 Å². The van der Waals surface area contributed by atoms with Crippen molar-refractivity contribution in [1.29, 1.82) is 0 Å². The first kappa shape index (κ1) is 16.7. The number of aryl methyl sites for hydroxylation is 1. The molecule has 0 spiro atoms. The van der Waals surface area contributed by atoms with Gasteiger partial charge in [0, 0.05) is 11.8 Å². The summed E-state index contributed by atoms with van der Waals surface area (Å²) in [4.78, 5) is 12.4. The van der Waals surface area contributed by atoms with E-state index in [1.165, 1.54) is 12.1 Å². The Kier molecular flexibility index (Phi) is 5.09. The first-order valence-corrected chi connectivity index (χ1v) is 8.04. The van der Waals surface area contributed by atoms with Crippen LogP contribution in [0.25, 0.3) is 0 Å². The monoisotopic (exact) mass is 339 g/mol. The predicted molar refractivity (Wildman–Crippen MR) is 93.5 cm³/mol. The fourth-order valence-corrected chi connectivity index (χ4v) is 2.38. The molecule has 2 N–H and O–H groups in total. The van der Waals surface area contributed by atoms with E-state index in [4.69, 9.17) is 4.74 Å². The SMILES string of the molecule is CCCc1cc(C(=O)Nc2ccccc2Oc2cccc(F)c2)n[nH]1. The van der Waals surface area contributed by atoms with Crippen molar-refractivity contribution in [1.82, 2.24) is 10.2 Å². The smallest absolute Gasteiger partial charge is 0.276 e. The third-order valence-corrected chi connectivity index (χ3v) is 3.54. The van der Waals surface area contributed by atoms with Crippen LogP contribution < -0.4 is 10.1 Å². The van der Waals surface area contributed by atoms with Crippen molar-refractivity contribution in [2.45, 2.75) is 19.8 Å². The number of rotatable bonds is 6. The van der Waals surface area contributed by atoms with Gasteiger partial charge >= 0.3 is 0 Å². The van der Waals surface area contributed by atoms with E-state index < -0.39 is 0 Å². The molecule has 0 aliphatic rings. The lowest BCUT2D eigenvalue weighted by atomic mass is 10.2. The second kappa shape index (κ2) is 7.61. The molecule has 128 valence electrons. The Labute approximate surface area is 144 Å². The Morgan fingerprint density at radius 1 is 1.20 bits per heavy atom. The Hall–Kier alpha value is -3.15. The maximum absolute atomic E-state index is 13.3. The minimum Gasteiger partial charge on any atom is -0.455 e. The van der Waals surface area contributed by atoms with E-state index in [0.717, 1.165) is 18.5 Å². The summed E-state index contributed by atoms with van der Waals surface area (Å²) in [5, 5.41) is 9.66. The summed E-state index contributed by atoms with van der Waals surface area (Å²) in [6, 6.07) is 14.5. The van der Waals surface area contributed by atoms with Crippen LogP contribution in [0.4, 0.5) is 10.1 Å². The average molecular weight is 339 g/mol.